The molecular formula is C21H22BF3O5. The predicted octanol–water partition coefficient (Wildman–Crippen LogP) is 4.28. The van der Waals surface area contributed by atoms with Gasteiger partial charge in [0.1, 0.15) is 12.4 Å². The zero-order valence-electron chi connectivity index (χ0n) is 17.0. The van der Waals surface area contributed by atoms with Crippen LogP contribution in [0.2, 0.25) is 0 Å². The zero-order valence-corrected chi connectivity index (χ0v) is 17.0. The van der Waals surface area contributed by atoms with E-state index in [1.807, 2.05) is 0 Å². The molecular weight excluding hydrogens is 400 g/mol. The van der Waals surface area contributed by atoms with Gasteiger partial charge in [0, 0.05) is 5.46 Å². The van der Waals surface area contributed by atoms with Crippen molar-refractivity contribution in [3.8, 4) is 5.75 Å². The summed E-state index contributed by atoms with van der Waals surface area (Å²) in [6.07, 6.45) is -4.80. The Balaban J connectivity index is 2.07. The summed E-state index contributed by atoms with van der Waals surface area (Å²) >= 11 is 0. The smallest absolute Gasteiger partial charge is 0.488 e. The first kappa shape index (κ1) is 22.2. The molecule has 1 aliphatic rings. The molecule has 30 heavy (non-hydrogen) atoms. The van der Waals surface area contributed by atoms with Gasteiger partial charge in [0.2, 0.25) is 0 Å². The SMILES string of the molecule is CC1(C)OB(c2cc(OCc3ccccc3)c(C(F)(F)F)cc2C(=O)O)OC1(C)C. The van der Waals surface area contributed by atoms with Gasteiger partial charge in [-0.2, -0.15) is 13.2 Å². The molecule has 9 heteroatoms. The molecule has 0 radical (unpaired) electrons. The zero-order chi connectivity index (χ0) is 22.3. The Kier molecular flexibility index (Phi) is 5.64. The van der Waals surface area contributed by atoms with Gasteiger partial charge in [-0.3, -0.25) is 0 Å². The first-order valence-corrected chi connectivity index (χ1v) is 9.32. The standard InChI is InChI=1S/C21H22BF3O5/c1-19(2)20(3,4)30-22(29-19)16-11-17(28-12-13-8-6-5-7-9-13)15(21(23,24)25)10-14(16)18(26)27/h5-11H,12H2,1-4H3,(H,26,27). The van der Waals surface area contributed by atoms with Gasteiger partial charge in [-0.1, -0.05) is 30.3 Å². The quantitative estimate of drug-likeness (QED) is 0.729. The van der Waals surface area contributed by atoms with E-state index in [1.54, 1.807) is 58.0 Å². The van der Waals surface area contributed by atoms with Crippen molar-refractivity contribution in [2.75, 3.05) is 0 Å². The summed E-state index contributed by atoms with van der Waals surface area (Å²) in [7, 11) is -1.15. The van der Waals surface area contributed by atoms with E-state index in [0.717, 1.165) is 6.07 Å². The van der Waals surface area contributed by atoms with Crippen LogP contribution >= 0.6 is 0 Å². The minimum atomic E-state index is -4.80. The molecule has 1 heterocycles. The number of rotatable bonds is 5. The molecule has 1 aliphatic heterocycles. The molecule has 1 N–H and O–H groups in total. The molecule has 160 valence electrons. The molecule has 0 atom stereocenters. The first-order valence-electron chi connectivity index (χ1n) is 9.32. The second-order valence-corrected chi connectivity index (χ2v) is 8.10. The maximum absolute atomic E-state index is 13.6. The lowest BCUT2D eigenvalue weighted by molar-refractivity contribution is -0.139. The largest absolute Gasteiger partial charge is 0.495 e. The second kappa shape index (κ2) is 7.63. The van der Waals surface area contributed by atoms with E-state index in [-0.39, 0.29) is 12.1 Å². The van der Waals surface area contributed by atoms with E-state index >= 15 is 0 Å². The van der Waals surface area contributed by atoms with E-state index in [0.29, 0.717) is 11.6 Å². The Hall–Kier alpha value is -2.52. The Bertz CT molecular complexity index is 926. The molecule has 0 unspecified atom stereocenters. The Morgan fingerprint density at radius 3 is 2.13 bits per heavy atom. The molecule has 1 saturated heterocycles. The second-order valence-electron chi connectivity index (χ2n) is 8.10. The van der Waals surface area contributed by atoms with Crippen LogP contribution in [0, 0.1) is 0 Å². The summed E-state index contributed by atoms with van der Waals surface area (Å²) in [5.74, 6) is -2.00. The molecule has 5 nitrogen and oxygen atoms in total. The van der Waals surface area contributed by atoms with E-state index in [4.69, 9.17) is 14.0 Å². The van der Waals surface area contributed by atoms with Gasteiger partial charge in [0.05, 0.1) is 22.3 Å². The fourth-order valence-corrected chi connectivity index (χ4v) is 3.02. The van der Waals surface area contributed by atoms with E-state index < -0.39 is 47.3 Å². The topological polar surface area (TPSA) is 65.0 Å². The van der Waals surface area contributed by atoms with Gasteiger partial charge >= 0.3 is 19.3 Å². The van der Waals surface area contributed by atoms with Crippen LogP contribution in [-0.4, -0.2) is 29.4 Å². The number of carbonyl (C=O) groups is 1. The number of carboxylic acids is 1. The summed E-state index contributed by atoms with van der Waals surface area (Å²) in [5.41, 5.74) is -2.66. The van der Waals surface area contributed by atoms with Gasteiger partial charge < -0.3 is 19.2 Å². The average molecular weight is 422 g/mol. The highest BCUT2D eigenvalue weighted by atomic mass is 19.4. The first-order chi connectivity index (χ1) is 13.8. The van der Waals surface area contributed by atoms with Crippen molar-refractivity contribution in [1.29, 1.82) is 0 Å². The van der Waals surface area contributed by atoms with Crippen LogP contribution in [0.1, 0.15) is 49.2 Å². The van der Waals surface area contributed by atoms with Gasteiger partial charge in [0.25, 0.3) is 0 Å². The van der Waals surface area contributed by atoms with Crippen molar-refractivity contribution in [1.82, 2.24) is 0 Å². The van der Waals surface area contributed by atoms with Crippen LogP contribution in [0.4, 0.5) is 13.2 Å². The Morgan fingerprint density at radius 2 is 1.63 bits per heavy atom. The summed E-state index contributed by atoms with van der Waals surface area (Å²) in [6, 6.07) is 10.3. The summed E-state index contributed by atoms with van der Waals surface area (Å²) in [5, 5.41) is 9.56. The number of carboxylic acid groups (broad SMARTS) is 1. The highest BCUT2D eigenvalue weighted by Gasteiger charge is 2.53. The minimum absolute atomic E-state index is 0.0304. The average Bonchev–Trinajstić information content (AvgIpc) is 2.86. The van der Waals surface area contributed by atoms with Crippen LogP contribution in [0.15, 0.2) is 42.5 Å². The number of hydrogen-bond donors (Lipinski definition) is 1. The number of aromatic carboxylic acids is 1. The van der Waals surface area contributed by atoms with Crippen molar-refractivity contribution in [2.45, 2.75) is 51.7 Å². The maximum atomic E-state index is 13.6. The Labute approximate surface area is 172 Å². The lowest BCUT2D eigenvalue weighted by atomic mass is 9.75. The maximum Gasteiger partial charge on any atom is 0.495 e. The van der Waals surface area contributed by atoms with Crippen molar-refractivity contribution in [3.63, 3.8) is 0 Å². The number of benzene rings is 2. The third-order valence-corrected chi connectivity index (χ3v) is 5.43. The van der Waals surface area contributed by atoms with Gasteiger partial charge in [-0.25, -0.2) is 4.79 Å². The van der Waals surface area contributed by atoms with Crippen LogP contribution in [0.25, 0.3) is 0 Å². The fraction of sp³-hybridized carbons (Fsp3) is 0.381. The lowest BCUT2D eigenvalue weighted by Gasteiger charge is -2.32. The normalized spacial score (nSPS) is 17.8. The third-order valence-electron chi connectivity index (χ3n) is 5.43. The molecule has 2 aromatic rings. The Morgan fingerprint density at radius 1 is 1.07 bits per heavy atom. The molecule has 3 rings (SSSR count). The number of alkyl halides is 3. The number of ether oxygens (including phenoxy) is 1. The number of halogens is 3. The highest BCUT2D eigenvalue weighted by Crippen LogP contribution is 2.40. The number of hydrogen-bond acceptors (Lipinski definition) is 4. The van der Waals surface area contributed by atoms with Crippen LogP contribution in [0.5, 0.6) is 5.75 Å². The fourth-order valence-electron chi connectivity index (χ4n) is 3.02. The molecule has 1 fully saturated rings. The van der Waals surface area contributed by atoms with Crippen molar-refractivity contribution in [3.05, 3.63) is 59.2 Å². The predicted molar refractivity (Wildman–Crippen MR) is 105 cm³/mol. The van der Waals surface area contributed by atoms with Crippen molar-refractivity contribution >= 4 is 18.6 Å². The molecule has 0 spiro atoms. The molecule has 0 amide bonds. The molecule has 0 aromatic heterocycles. The summed E-state index contributed by atoms with van der Waals surface area (Å²) in [6.45, 7) is 6.96. The molecule has 0 bridgehead atoms. The van der Waals surface area contributed by atoms with Crippen LogP contribution < -0.4 is 10.2 Å². The monoisotopic (exact) mass is 422 g/mol. The molecule has 2 aromatic carbocycles. The molecule has 0 aliphatic carbocycles. The highest BCUT2D eigenvalue weighted by molar-refractivity contribution is 6.63. The van der Waals surface area contributed by atoms with E-state index in [1.165, 1.54) is 0 Å². The third kappa shape index (κ3) is 4.32. The van der Waals surface area contributed by atoms with Gasteiger partial charge in [-0.05, 0) is 45.4 Å². The van der Waals surface area contributed by atoms with Crippen molar-refractivity contribution in [2.24, 2.45) is 0 Å². The van der Waals surface area contributed by atoms with E-state index in [9.17, 15) is 23.1 Å². The summed E-state index contributed by atoms with van der Waals surface area (Å²) < 4.78 is 58.1. The van der Waals surface area contributed by atoms with Crippen molar-refractivity contribution < 1.29 is 37.1 Å². The van der Waals surface area contributed by atoms with Gasteiger partial charge in [-0.15, -0.1) is 0 Å². The van der Waals surface area contributed by atoms with E-state index in [2.05, 4.69) is 0 Å². The minimum Gasteiger partial charge on any atom is -0.488 e. The van der Waals surface area contributed by atoms with Crippen LogP contribution in [-0.2, 0) is 22.1 Å². The van der Waals surface area contributed by atoms with Crippen LogP contribution in [0.3, 0.4) is 0 Å². The lowest BCUT2D eigenvalue weighted by Crippen LogP contribution is -2.41. The summed E-state index contributed by atoms with van der Waals surface area (Å²) in [4.78, 5) is 11.8. The van der Waals surface area contributed by atoms with Gasteiger partial charge in [0.15, 0.2) is 0 Å². The molecule has 0 saturated carbocycles.